The third-order valence-electron chi connectivity index (χ3n) is 4.31. The Labute approximate surface area is 159 Å². The second kappa shape index (κ2) is 6.55. The number of aromatic nitrogens is 3. The Balaban J connectivity index is 1.32. The van der Waals surface area contributed by atoms with Crippen LogP contribution in [-0.4, -0.2) is 20.4 Å². The molecule has 1 N–H and O–H groups in total. The van der Waals surface area contributed by atoms with Crippen molar-refractivity contribution < 1.29 is 13.7 Å². The first kappa shape index (κ1) is 16.1. The second-order valence-corrected chi connectivity index (χ2v) is 6.18. The van der Waals surface area contributed by atoms with Crippen molar-refractivity contribution in [3.8, 4) is 22.8 Å². The molecule has 5 rings (SSSR count). The quantitative estimate of drug-likeness (QED) is 0.503. The summed E-state index contributed by atoms with van der Waals surface area (Å²) in [4.78, 5) is 17.0. The van der Waals surface area contributed by atoms with Gasteiger partial charge in [-0.05, 0) is 36.4 Å². The van der Waals surface area contributed by atoms with Gasteiger partial charge in [-0.3, -0.25) is 4.79 Å². The molecule has 0 aliphatic heterocycles. The van der Waals surface area contributed by atoms with Crippen molar-refractivity contribution in [3.05, 3.63) is 85.0 Å². The minimum absolute atomic E-state index is 0.177. The number of furan rings is 1. The Morgan fingerprint density at radius 1 is 1.00 bits per heavy atom. The summed E-state index contributed by atoms with van der Waals surface area (Å²) in [6, 6.07) is 18.3. The van der Waals surface area contributed by atoms with Gasteiger partial charge in [-0.15, -0.1) is 0 Å². The number of carbonyl (C=O) groups is 1. The van der Waals surface area contributed by atoms with Crippen LogP contribution in [0.5, 0.6) is 0 Å². The van der Waals surface area contributed by atoms with Crippen molar-refractivity contribution in [3.63, 3.8) is 0 Å². The van der Waals surface area contributed by atoms with Gasteiger partial charge in [0, 0.05) is 29.7 Å². The van der Waals surface area contributed by atoms with Crippen LogP contribution in [0.1, 0.15) is 10.5 Å². The van der Waals surface area contributed by atoms with Crippen LogP contribution in [0.3, 0.4) is 0 Å². The predicted molar refractivity (Wildman–Crippen MR) is 103 cm³/mol. The smallest absolute Gasteiger partial charge is 0.277 e. The van der Waals surface area contributed by atoms with E-state index < -0.39 is 0 Å². The Morgan fingerprint density at radius 3 is 2.68 bits per heavy atom. The molecule has 0 fully saturated rings. The van der Waals surface area contributed by atoms with Gasteiger partial charge in [-0.1, -0.05) is 23.4 Å². The molecule has 4 aromatic heterocycles. The molecule has 0 spiro atoms. The lowest BCUT2D eigenvalue weighted by atomic mass is 10.1. The number of nitrogens with one attached hydrogen (secondary N) is 1. The topological polar surface area (TPSA) is 85.6 Å². The maximum atomic E-state index is 12.4. The summed E-state index contributed by atoms with van der Waals surface area (Å²) in [5.74, 6) is 0.558. The van der Waals surface area contributed by atoms with E-state index in [9.17, 15) is 4.79 Å². The standard InChI is InChI=1S/C21H14N4O3/c26-21(16-12-19(28-24-16)18-4-3-11-27-18)22-15-8-6-14(7-9-15)17-13-25-10-2-1-5-20(25)23-17/h1-13H,(H,22,26). The summed E-state index contributed by atoms with van der Waals surface area (Å²) in [6.45, 7) is 0. The van der Waals surface area contributed by atoms with E-state index in [2.05, 4.69) is 15.5 Å². The lowest BCUT2D eigenvalue weighted by molar-refractivity contribution is 0.101. The zero-order valence-corrected chi connectivity index (χ0v) is 14.6. The summed E-state index contributed by atoms with van der Waals surface area (Å²) in [5.41, 5.74) is 3.54. The molecule has 0 aliphatic rings. The summed E-state index contributed by atoms with van der Waals surface area (Å²) in [7, 11) is 0. The van der Waals surface area contributed by atoms with E-state index in [1.807, 2.05) is 59.3 Å². The molecule has 28 heavy (non-hydrogen) atoms. The highest BCUT2D eigenvalue weighted by atomic mass is 16.5. The molecule has 5 aromatic rings. The van der Waals surface area contributed by atoms with Crippen molar-refractivity contribution in [1.29, 1.82) is 0 Å². The highest BCUT2D eigenvalue weighted by Crippen LogP contribution is 2.23. The van der Waals surface area contributed by atoms with Crippen LogP contribution in [-0.2, 0) is 0 Å². The Hall–Kier alpha value is -4.13. The van der Waals surface area contributed by atoms with Gasteiger partial charge in [0.15, 0.2) is 11.5 Å². The van der Waals surface area contributed by atoms with E-state index in [1.54, 1.807) is 18.2 Å². The van der Waals surface area contributed by atoms with Crippen molar-refractivity contribution in [2.75, 3.05) is 5.32 Å². The van der Waals surface area contributed by atoms with Gasteiger partial charge in [-0.2, -0.15) is 0 Å². The first-order chi connectivity index (χ1) is 13.8. The molecule has 0 saturated carbocycles. The number of carbonyl (C=O) groups excluding carboxylic acids is 1. The van der Waals surface area contributed by atoms with Crippen molar-refractivity contribution >= 4 is 17.2 Å². The summed E-state index contributed by atoms with van der Waals surface area (Å²) in [5, 5.41) is 6.60. The molecule has 0 aliphatic carbocycles. The Kier molecular flexibility index (Phi) is 3.76. The van der Waals surface area contributed by atoms with E-state index in [1.165, 1.54) is 6.26 Å². The van der Waals surface area contributed by atoms with Crippen molar-refractivity contribution in [1.82, 2.24) is 14.5 Å². The SMILES string of the molecule is O=C(Nc1ccc(-c2cn3ccccc3n2)cc1)c1cc(-c2ccco2)on1. The van der Waals surface area contributed by atoms with Crippen LogP contribution in [0.2, 0.25) is 0 Å². The lowest BCUT2D eigenvalue weighted by Crippen LogP contribution is -2.11. The summed E-state index contributed by atoms with van der Waals surface area (Å²) in [6.07, 6.45) is 5.45. The van der Waals surface area contributed by atoms with Crippen LogP contribution >= 0.6 is 0 Å². The predicted octanol–water partition coefficient (Wildman–Crippen LogP) is 4.50. The first-order valence-electron chi connectivity index (χ1n) is 8.62. The molecule has 0 bridgehead atoms. The number of fused-ring (bicyclic) bond motifs is 1. The lowest BCUT2D eigenvalue weighted by Gasteiger charge is -2.03. The molecule has 0 unspecified atom stereocenters. The number of pyridine rings is 1. The largest absolute Gasteiger partial charge is 0.461 e. The van der Waals surface area contributed by atoms with E-state index in [4.69, 9.17) is 8.94 Å². The number of imidazole rings is 1. The number of amides is 1. The van der Waals surface area contributed by atoms with E-state index >= 15 is 0 Å². The average molecular weight is 370 g/mol. The number of rotatable bonds is 4. The summed E-state index contributed by atoms with van der Waals surface area (Å²) < 4.78 is 12.4. The molecule has 4 heterocycles. The second-order valence-electron chi connectivity index (χ2n) is 6.18. The van der Waals surface area contributed by atoms with Crippen LogP contribution in [0.25, 0.3) is 28.4 Å². The molecule has 0 saturated heterocycles. The number of anilines is 1. The number of nitrogens with zero attached hydrogens (tertiary/aromatic N) is 3. The van der Waals surface area contributed by atoms with Crippen LogP contribution in [0, 0.1) is 0 Å². The van der Waals surface area contributed by atoms with Crippen LogP contribution in [0.15, 0.2) is 88.3 Å². The Morgan fingerprint density at radius 2 is 1.89 bits per heavy atom. The van der Waals surface area contributed by atoms with Gasteiger partial charge in [0.25, 0.3) is 5.91 Å². The number of hydrogen-bond donors (Lipinski definition) is 1. The third-order valence-corrected chi connectivity index (χ3v) is 4.31. The highest BCUT2D eigenvalue weighted by molar-refractivity contribution is 6.03. The average Bonchev–Trinajstić information content (AvgIpc) is 3.48. The van der Waals surface area contributed by atoms with E-state index in [0.717, 1.165) is 16.9 Å². The molecule has 0 atom stereocenters. The highest BCUT2D eigenvalue weighted by Gasteiger charge is 2.15. The third kappa shape index (κ3) is 2.95. The van der Waals surface area contributed by atoms with Gasteiger partial charge < -0.3 is 18.7 Å². The van der Waals surface area contributed by atoms with Gasteiger partial charge in [0.05, 0.1) is 12.0 Å². The van der Waals surface area contributed by atoms with Crippen LogP contribution < -0.4 is 5.32 Å². The van der Waals surface area contributed by atoms with Gasteiger partial charge in [0.1, 0.15) is 5.65 Å². The molecule has 7 heteroatoms. The minimum Gasteiger partial charge on any atom is -0.461 e. The van der Waals surface area contributed by atoms with E-state index in [-0.39, 0.29) is 11.6 Å². The zero-order valence-electron chi connectivity index (χ0n) is 14.6. The van der Waals surface area contributed by atoms with Crippen molar-refractivity contribution in [2.45, 2.75) is 0 Å². The van der Waals surface area contributed by atoms with Gasteiger partial charge in [0.2, 0.25) is 5.76 Å². The van der Waals surface area contributed by atoms with Gasteiger partial charge >= 0.3 is 0 Å². The maximum absolute atomic E-state index is 12.4. The fourth-order valence-electron chi connectivity index (χ4n) is 2.91. The minimum atomic E-state index is -0.359. The molecule has 1 aromatic carbocycles. The normalized spacial score (nSPS) is 11.0. The first-order valence-corrected chi connectivity index (χ1v) is 8.62. The van der Waals surface area contributed by atoms with Crippen molar-refractivity contribution in [2.24, 2.45) is 0 Å². The van der Waals surface area contributed by atoms with Crippen LogP contribution in [0.4, 0.5) is 5.69 Å². The summed E-state index contributed by atoms with van der Waals surface area (Å²) >= 11 is 0. The molecule has 136 valence electrons. The molecule has 0 radical (unpaired) electrons. The maximum Gasteiger partial charge on any atom is 0.277 e. The fraction of sp³-hybridized carbons (Fsp3) is 0. The molecule has 7 nitrogen and oxygen atoms in total. The number of hydrogen-bond acceptors (Lipinski definition) is 5. The van der Waals surface area contributed by atoms with Gasteiger partial charge in [-0.25, -0.2) is 4.98 Å². The monoisotopic (exact) mass is 370 g/mol. The Bertz CT molecular complexity index is 1220. The zero-order chi connectivity index (χ0) is 18.9. The molecular weight excluding hydrogens is 356 g/mol. The molecular formula is C21H14N4O3. The van der Waals surface area contributed by atoms with E-state index in [0.29, 0.717) is 17.2 Å². The fourth-order valence-corrected chi connectivity index (χ4v) is 2.91. The molecule has 1 amide bonds. The number of benzene rings is 1.